The van der Waals surface area contributed by atoms with Gasteiger partial charge in [-0.25, -0.2) is 9.59 Å². The van der Waals surface area contributed by atoms with Crippen molar-refractivity contribution in [1.82, 2.24) is 10.6 Å². The van der Waals surface area contributed by atoms with E-state index >= 15 is 0 Å². The topological polar surface area (TPSA) is 125 Å². The summed E-state index contributed by atoms with van der Waals surface area (Å²) in [5.41, 5.74) is 5.88. The molecule has 0 aromatic heterocycles. The first-order valence-electron chi connectivity index (χ1n) is 6.21. The Morgan fingerprint density at radius 3 is 2.56 bits per heavy atom. The van der Waals surface area contributed by atoms with Gasteiger partial charge in [-0.3, -0.25) is 0 Å². The van der Waals surface area contributed by atoms with E-state index in [1.54, 1.807) is 0 Å². The van der Waals surface area contributed by atoms with E-state index < -0.39 is 18.0 Å². The van der Waals surface area contributed by atoms with Gasteiger partial charge in [0.15, 0.2) is 0 Å². The first-order valence-corrected chi connectivity index (χ1v) is 6.21. The number of carbonyl (C=O) groups is 2. The number of hydrogen-bond acceptors (Lipinski definition) is 4. The summed E-state index contributed by atoms with van der Waals surface area (Å²) < 4.78 is 0. The normalized spacial score (nSPS) is 25.2. The molecule has 0 bridgehead atoms. The minimum atomic E-state index is -1.16. The van der Waals surface area contributed by atoms with E-state index in [9.17, 15) is 9.59 Å². The van der Waals surface area contributed by atoms with E-state index in [0.717, 1.165) is 25.7 Å². The van der Waals surface area contributed by atoms with Crippen molar-refractivity contribution >= 4 is 12.0 Å². The zero-order chi connectivity index (χ0) is 13.5. The predicted molar refractivity (Wildman–Crippen MR) is 65.0 cm³/mol. The molecule has 104 valence electrons. The van der Waals surface area contributed by atoms with Crippen LogP contribution in [0.3, 0.4) is 0 Å². The summed E-state index contributed by atoms with van der Waals surface area (Å²) in [6.07, 6.45) is 3.73. The average molecular weight is 259 g/mol. The number of nitrogens with two attached hydrogens (primary N) is 1. The maximum atomic E-state index is 11.6. The van der Waals surface area contributed by atoms with Crippen LogP contribution in [0.1, 0.15) is 32.1 Å². The Bertz CT molecular complexity index is 298. The molecule has 0 radical (unpaired) electrons. The molecule has 0 spiro atoms. The van der Waals surface area contributed by atoms with Crippen LogP contribution in [0.2, 0.25) is 0 Å². The number of rotatable bonds is 5. The highest BCUT2D eigenvalue weighted by Crippen LogP contribution is 2.16. The molecule has 1 fully saturated rings. The molecule has 0 aliphatic heterocycles. The molecule has 0 saturated heterocycles. The maximum absolute atomic E-state index is 11.6. The second kappa shape index (κ2) is 7.17. The number of carboxylic acids is 1. The molecule has 7 heteroatoms. The largest absolute Gasteiger partial charge is 0.480 e. The minimum absolute atomic E-state index is 0.0144. The number of aliphatic hydroxyl groups excluding tert-OH is 1. The SMILES string of the molecule is NC1CCCCC1NC(=O)N[C@@H](CCO)C(=O)O. The van der Waals surface area contributed by atoms with Crippen molar-refractivity contribution in [3.63, 3.8) is 0 Å². The number of nitrogens with one attached hydrogen (secondary N) is 2. The fourth-order valence-electron chi connectivity index (χ4n) is 2.09. The summed E-state index contributed by atoms with van der Waals surface area (Å²) in [5.74, 6) is -1.16. The van der Waals surface area contributed by atoms with Crippen molar-refractivity contribution < 1.29 is 19.8 Å². The van der Waals surface area contributed by atoms with E-state index in [4.69, 9.17) is 15.9 Å². The van der Waals surface area contributed by atoms with E-state index in [0.29, 0.717) is 0 Å². The standard InChI is InChI=1S/C11H21N3O4/c12-7-3-1-2-4-8(7)13-11(18)14-9(5-6-15)10(16)17/h7-9,15H,1-6,12H2,(H,16,17)(H2,13,14,18)/t7?,8?,9-/m0/s1. The molecule has 0 aromatic carbocycles. The Kier molecular flexibility index (Phi) is 5.87. The molecule has 1 aliphatic carbocycles. The average Bonchev–Trinajstić information content (AvgIpc) is 2.31. The van der Waals surface area contributed by atoms with Gasteiger partial charge in [-0.15, -0.1) is 0 Å². The summed E-state index contributed by atoms with van der Waals surface area (Å²) in [7, 11) is 0. The highest BCUT2D eigenvalue weighted by molar-refractivity contribution is 5.82. The zero-order valence-corrected chi connectivity index (χ0v) is 10.3. The van der Waals surface area contributed by atoms with Gasteiger partial charge in [-0.2, -0.15) is 0 Å². The lowest BCUT2D eigenvalue weighted by atomic mass is 9.91. The summed E-state index contributed by atoms with van der Waals surface area (Å²) >= 11 is 0. The molecular formula is C11H21N3O4. The summed E-state index contributed by atoms with van der Waals surface area (Å²) in [6, 6.07) is -1.80. The van der Waals surface area contributed by atoms with Crippen molar-refractivity contribution in [3.8, 4) is 0 Å². The molecule has 1 saturated carbocycles. The van der Waals surface area contributed by atoms with Gasteiger partial charge < -0.3 is 26.6 Å². The lowest BCUT2D eigenvalue weighted by Crippen LogP contribution is -2.54. The summed E-state index contributed by atoms with van der Waals surface area (Å²) in [6.45, 7) is -0.291. The van der Waals surface area contributed by atoms with Gasteiger partial charge in [0.2, 0.25) is 0 Å². The molecular weight excluding hydrogens is 238 g/mol. The van der Waals surface area contributed by atoms with Gasteiger partial charge in [0.25, 0.3) is 0 Å². The molecule has 0 aromatic rings. The van der Waals surface area contributed by atoms with E-state index in [-0.39, 0.29) is 25.1 Å². The summed E-state index contributed by atoms with van der Waals surface area (Å²) in [4.78, 5) is 22.4. The molecule has 6 N–H and O–H groups in total. The maximum Gasteiger partial charge on any atom is 0.326 e. The molecule has 18 heavy (non-hydrogen) atoms. The Morgan fingerprint density at radius 1 is 1.33 bits per heavy atom. The van der Waals surface area contributed by atoms with Crippen LogP contribution >= 0.6 is 0 Å². The van der Waals surface area contributed by atoms with Gasteiger partial charge in [0.05, 0.1) is 0 Å². The van der Waals surface area contributed by atoms with E-state index in [1.165, 1.54) is 0 Å². The number of hydrogen-bond donors (Lipinski definition) is 5. The van der Waals surface area contributed by atoms with Crippen LogP contribution in [0.4, 0.5) is 4.79 Å². The van der Waals surface area contributed by atoms with Crippen molar-refractivity contribution in [2.45, 2.75) is 50.2 Å². The Hall–Kier alpha value is -1.34. The third-order valence-electron chi connectivity index (χ3n) is 3.16. The van der Waals surface area contributed by atoms with E-state index in [1.807, 2.05) is 0 Å². The highest BCUT2D eigenvalue weighted by atomic mass is 16.4. The number of carboxylic acid groups (broad SMARTS) is 1. The van der Waals surface area contributed by atoms with Gasteiger partial charge in [0, 0.05) is 25.1 Å². The van der Waals surface area contributed by atoms with Crippen LogP contribution < -0.4 is 16.4 Å². The zero-order valence-electron chi connectivity index (χ0n) is 10.3. The minimum Gasteiger partial charge on any atom is -0.480 e. The van der Waals surface area contributed by atoms with Crippen molar-refractivity contribution in [3.05, 3.63) is 0 Å². The van der Waals surface area contributed by atoms with Crippen LogP contribution in [-0.2, 0) is 4.79 Å². The molecule has 2 unspecified atom stereocenters. The number of urea groups is 1. The van der Waals surface area contributed by atoms with Crippen LogP contribution in [0.15, 0.2) is 0 Å². The monoisotopic (exact) mass is 259 g/mol. The molecule has 2 amide bonds. The number of aliphatic carboxylic acids is 1. The molecule has 7 nitrogen and oxygen atoms in total. The first kappa shape index (κ1) is 14.7. The Labute approximate surface area is 106 Å². The summed E-state index contributed by atoms with van der Waals surface area (Å²) in [5, 5.41) is 22.6. The quantitative estimate of drug-likeness (QED) is 0.450. The van der Waals surface area contributed by atoms with Gasteiger partial charge in [-0.05, 0) is 12.8 Å². The van der Waals surface area contributed by atoms with Crippen molar-refractivity contribution in [2.75, 3.05) is 6.61 Å². The van der Waals surface area contributed by atoms with Crippen molar-refractivity contribution in [2.24, 2.45) is 5.73 Å². The van der Waals surface area contributed by atoms with Crippen LogP contribution in [0, 0.1) is 0 Å². The smallest absolute Gasteiger partial charge is 0.326 e. The van der Waals surface area contributed by atoms with Gasteiger partial charge >= 0.3 is 12.0 Å². The van der Waals surface area contributed by atoms with Gasteiger partial charge in [0.1, 0.15) is 6.04 Å². The number of aliphatic hydroxyl groups is 1. The Balaban J connectivity index is 2.41. The molecule has 1 rings (SSSR count). The first-order chi connectivity index (χ1) is 8.54. The van der Waals surface area contributed by atoms with Crippen molar-refractivity contribution in [1.29, 1.82) is 0 Å². The van der Waals surface area contributed by atoms with Crippen LogP contribution in [0.25, 0.3) is 0 Å². The second-order valence-corrected chi connectivity index (χ2v) is 4.58. The second-order valence-electron chi connectivity index (χ2n) is 4.58. The van der Waals surface area contributed by atoms with Crippen LogP contribution in [-0.4, -0.2) is 46.9 Å². The molecule has 1 aliphatic rings. The third-order valence-corrected chi connectivity index (χ3v) is 3.16. The number of amides is 2. The van der Waals surface area contributed by atoms with E-state index in [2.05, 4.69) is 10.6 Å². The lowest BCUT2D eigenvalue weighted by molar-refractivity contribution is -0.139. The predicted octanol–water partition coefficient (Wildman–Crippen LogP) is -0.609. The fraction of sp³-hybridized carbons (Fsp3) is 0.818. The number of carbonyl (C=O) groups excluding carboxylic acids is 1. The van der Waals surface area contributed by atoms with Gasteiger partial charge in [-0.1, -0.05) is 12.8 Å². The lowest BCUT2D eigenvalue weighted by Gasteiger charge is -2.29. The fourth-order valence-corrected chi connectivity index (χ4v) is 2.09. The third kappa shape index (κ3) is 4.50. The molecule has 3 atom stereocenters. The highest BCUT2D eigenvalue weighted by Gasteiger charge is 2.25. The van der Waals surface area contributed by atoms with Crippen LogP contribution in [0.5, 0.6) is 0 Å². The molecule has 0 heterocycles. The Morgan fingerprint density at radius 2 is 2.00 bits per heavy atom.